The first kappa shape index (κ1) is 17.9. The van der Waals surface area contributed by atoms with Gasteiger partial charge in [0, 0.05) is 25.7 Å². The van der Waals surface area contributed by atoms with Crippen LogP contribution in [0.3, 0.4) is 0 Å². The van der Waals surface area contributed by atoms with Crippen molar-refractivity contribution < 1.29 is 14.6 Å². The zero-order valence-electron chi connectivity index (χ0n) is 13.3. The summed E-state index contributed by atoms with van der Waals surface area (Å²) in [5, 5.41) is 13.2. The number of likely N-dealkylation sites (N-methyl/N-ethyl adjacent to an activating group) is 1. The summed E-state index contributed by atoms with van der Waals surface area (Å²) in [6.45, 7) is 12.0. The second-order valence-corrected chi connectivity index (χ2v) is 5.62. The highest BCUT2D eigenvalue weighted by molar-refractivity contribution is 4.69. The van der Waals surface area contributed by atoms with Crippen molar-refractivity contribution in [2.75, 3.05) is 46.0 Å². The molecule has 5 nitrogen and oxygen atoms in total. The molecule has 0 spiro atoms. The lowest BCUT2D eigenvalue weighted by Crippen LogP contribution is -2.43. The molecular formula is C15H32N2O3. The van der Waals surface area contributed by atoms with Crippen molar-refractivity contribution in [3.63, 3.8) is 0 Å². The molecule has 0 radical (unpaired) electrons. The number of nitrogens with zero attached hydrogens (tertiary/aromatic N) is 1. The largest absolute Gasteiger partial charge is 0.389 e. The van der Waals surface area contributed by atoms with Crippen LogP contribution in [-0.2, 0) is 9.47 Å². The smallest absolute Gasteiger partial charge is 0.0897 e. The van der Waals surface area contributed by atoms with Crippen molar-refractivity contribution >= 4 is 0 Å². The van der Waals surface area contributed by atoms with E-state index in [0.717, 1.165) is 39.1 Å². The highest BCUT2D eigenvalue weighted by Gasteiger charge is 2.16. The number of aliphatic hydroxyl groups excluding tert-OH is 1. The number of hydrogen-bond acceptors (Lipinski definition) is 5. The Morgan fingerprint density at radius 2 is 2.15 bits per heavy atom. The van der Waals surface area contributed by atoms with E-state index in [9.17, 15) is 5.11 Å². The van der Waals surface area contributed by atoms with Crippen LogP contribution in [0.25, 0.3) is 0 Å². The van der Waals surface area contributed by atoms with Gasteiger partial charge in [0.05, 0.1) is 25.4 Å². The predicted octanol–water partition coefficient (Wildman–Crippen LogP) is 0.863. The van der Waals surface area contributed by atoms with Gasteiger partial charge in [-0.1, -0.05) is 13.8 Å². The van der Waals surface area contributed by atoms with Gasteiger partial charge in [-0.2, -0.15) is 0 Å². The Bertz CT molecular complexity index is 231. The van der Waals surface area contributed by atoms with Crippen molar-refractivity contribution in [2.45, 2.75) is 51.9 Å². The number of nitrogens with one attached hydrogen (secondary N) is 1. The van der Waals surface area contributed by atoms with E-state index in [0.29, 0.717) is 25.8 Å². The van der Waals surface area contributed by atoms with Gasteiger partial charge in [0.1, 0.15) is 0 Å². The van der Waals surface area contributed by atoms with Gasteiger partial charge in [0.15, 0.2) is 0 Å². The average molecular weight is 288 g/mol. The topological polar surface area (TPSA) is 54.0 Å². The van der Waals surface area contributed by atoms with Crippen LogP contribution in [0.2, 0.25) is 0 Å². The lowest BCUT2D eigenvalue weighted by Gasteiger charge is -2.24. The predicted molar refractivity (Wildman–Crippen MR) is 81.1 cm³/mol. The summed E-state index contributed by atoms with van der Waals surface area (Å²) in [5.74, 6) is 0. The van der Waals surface area contributed by atoms with Crippen molar-refractivity contribution in [1.82, 2.24) is 10.2 Å². The van der Waals surface area contributed by atoms with Gasteiger partial charge in [0.2, 0.25) is 0 Å². The number of ether oxygens (including phenoxy) is 2. The molecule has 1 aliphatic rings. The van der Waals surface area contributed by atoms with Gasteiger partial charge in [-0.3, -0.25) is 0 Å². The quantitative estimate of drug-likeness (QED) is 0.591. The first-order chi connectivity index (χ1) is 9.65. The minimum Gasteiger partial charge on any atom is -0.389 e. The number of hydrogen-bond donors (Lipinski definition) is 2. The van der Waals surface area contributed by atoms with E-state index in [1.54, 1.807) is 0 Å². The first-order valence-electron chi connectivity index (χ1n) is 7.98. The monoisotopic (exact) mass is 288 g/mol. The average Bonchev–Trinajstić information content (AvgIpc) is 2.95. The van der Waals surface area contributed by atoms with Gasteiger partial charge in [-0.05, 0) is 32.9 Å². The Kier molecular flexibility index (Phi) is 9.39. The molecule has 5 heteroatoms. The van der Waals surface area contributed by atoms with Crippen LogP contribution >= 0.6 is 0 Å². The molecule has 3 unspecified atom stereocenters. The van der Waals surface area contributed by atoms with Crippen LogP contribution in [0.1, 0.15) is 33.6 Å². The van der Waals surface area contributed by atoms with E-state index in [2.05, 4.69) is 31.0 Å². The van der Waals surface area contributed by atoms with E-state index in [1.165, 1.54) is 0 Å². The zero-order chi connectivity index (χ0) is 14.8. The Hall–Kier alpha value is -0.200. The van der Waals surface area contributed by atoms with E-state index in [4.69, 9.17) is 9.47 Å². The van der Waals surface area contributed by atoms with Crippen LogP contribution in [0, 0.1) is 0 Å². The fourth-order valence-corrected chi connectivity index (χ4v) is 2.44. The van der Waals surface area contributed by atoms with Gasteiger partial charge in [0.25, 0.3) is 0 Å². The molecule has 3 atom stereocenters. The highest BCUT2D eigenvalue weighted by Crippen LogP contribution is 2.11. The highest BCUT2D eigenvalue weighted by atomic mass is 16.5. The van der Waals surface area contributed by atoms with Gasteiger partial charge in [-0.25, -0.2) is 0 Å². The van der Waals surface area contributed by atoms with Crippen LogP contribution in [0.4, 0.5) is 0 Å². The molecule has 1 aliphatic heterocycles. The summed E-state index contributed by atoms with van der Waals surface area (Å²) in [6, 6.07) is 0.378. The van der Waals surface area contributed by atoms with Gasteiger partial charge >= 0.3 is 0 Å². The summed E-state index contributed by atoms with van der Waals surface area (Å²) >= 11 is 0. The Labute approximate surface area is 123 Å². The molecule has 0 amide bonds. The molecule has 0 saturated carbocycles. The van der Waals surface area contributed by atoms with Gasteiger partial charge < -0.3 is 24.8 Å². The van der Waals surface area contributed by atoms with E-state index < -0.39 is 6.10 Å². The number of aliphatic hydroxyl groups is 1. The fourth-order valence-electron chi connectivity index (χ4n) is 2.44. The summed E-state index contributed by atoms with van der Waals surface area (Å²) in [4.78, 5) is 2.37. The molecule has 0 aromatic carbocycles. The molecule has 1 rings (SSSR count). The molecule has 120 valence electrons. The maximum Gasteiger partial charge on any atom is 0.0897 e. The Balaban J connectivity index is 2.01. The molecule has 1 heterocycles. The van der Waals surface area contributed by atoms with Crippen LogP contribution < -0.4 is 5.32 Å². The van der Waals surface area contributed by atoms with Crippen LogP contribution in [0.15, 0.2) is 0 Å². The molecular weight excluding hydrogens is 256 g/mol. The molecule has 1 saturated heterocycles. The first-order valence-corrected chi connectivity index (χ1v) is 7.98. The van der Waals surface area contributed by atoms with E-state index in [-0.39, 0.29) is 6.10 Å². The Morgan fingerprint density at radius 1 is 1.40 bits per heavy atom. The van der Waals surface area contributed by atoms with E-state index >= 15 is 0 Å². The van der Waals surface area contributed by atoms with Crippen molar-refractivity contribution in [2.24, 2.45) is 0 Å². The maximum atomic E-state index is 9.88. The summed E-state index contributed by atoms with van der Waals surface area (Å²) in [6.07, 6.45) is 1.99. The fraction of sp³-hybridized carbons (Fsp3) is 1.00. The second kappa shape index (κ2) is 10.5. The standard InChI is InChI=1S/C15H32N2O3/c1-4-17(5-2)10-13(3)16-9-14(18)11-19-12-15-7-6-8-20-15/h13-16,18H,4-12H2,1-3H3. The summed E-state index contributed by atoms with van der Waals surface area (Å²) in [5.41, 5.74) is 0. The van der Waals surface area contributed by atoms with Crippen LogP contribution in [-0.4, -0.2) is 74.3 Å². The minimum atomic E-state index is -0.449. The molecule has 0 bridgehead atoms. The molecule has 0 aliphatic carbocycles. The Morgan fingerprint density at radius 3 is 2.75 bits per heavy atom. The molecule has 1 fully saturated rings. The van der Waals surface area contributed by atoms with Crippen LogP contribution in [0.5, 0.6) is 0 Å². The molecule has 0 aromatic heterocycles. The third-order valence-corrected chi connectivity index (χ3v) is 3.77. The third kappa shape index (κ3) is 7.55. The summed E-state index contributed by atoms with van der Waals surface area (Å²) in [7, 11) is 0. The zero-order valence-corrected chi connectivity index (χ0v) is 13.3. The maximum absolute atomic E-state index is 9.88. The van der Waals surface area contributed by atoms with Crippen molar-refractivity contribution in [3.8, 4) is 0 Å². The summed E-state index contributed by atoms with van der Waals surface area (Å²) < 4.78 is 11.0. The van der Waals surface area contributed by atoms with Crippen molar-refractivity contribution in [3.05, 3.63) is 0 Å². The molecule has 0 aromatic rings. The second-order valence-electron chi connectivity index (χ2n) is 5.62. The lowest BCUT2D eigenvalue weighted by molar-refractivity contribution is -0.0170. The lowest BCUT2D eigenvalue weighted by atomic mass is 10.2. The molecule has 20 heavy (non-hydrogen) atoms. The normalized spacial score (nSPS) is 22.4. The number of rotatable bonds is 11. The minimum absolute atomic E-state index is 0.233. The van der Waals surface area contributed by atoms with Crippen molar-refractivity contribution in [1.29, 1.82) is 0 Å². The van der Waals surface area contributed by atoms with Gasteiger partial charge in [-0.15, -0.1) is 0 Å². The third-order valence-electron chi connectivity index (χ3n) is 3.77. The SMILES string of the molecule is CCN(CC)CC(C)NCC(O)COCC1CCCO1. The molecule has 2 N–H and O–H groups in total. The van der Waals surface area contributed by atoms with E-state index in [1.807, 2.05) is 0 Å².